The maximum atomic E-state index is 12.1. The molecule has 0 fully saturated rings. The van der Waals surface area contributed by atoms with Crippen LogP contribution in [-0.2, 0) is 13.0 Å². The lowest BCUT2D eigenvalue weighted by Crippen LogP contribution is -2.20. The van der Waals surface area contributed by atoms with Gasteiger partial charge in [0, 0.05) is 37.5 Å². The van der Waals surface area contributed by atoms with Crippen molar-refractivity contribution in [1.82, 2.24) is 4.98 Å². The van der Waals surface area contributed by atoms with Crippen molar-refractivity contribution >= 4 is 11.7 Å². The minimum Gasteiger partial charge on any atom is -0.506 e. The Kier molecular flexibility index (Phi) is 4.94. The summed E-state index contributed by atoms with van der Waals surface area (Å²) in [4.78, 5) is 27.8. The van der Waals surface area contributed by atoms with Crippen molar-refractivity contribution in [3.8, 4) is 17.0 Å². The Labute approximate surface area is 139 Å². The topological polar surface area (TPSA) is 120 Å². The fraction of sp³-hybridized carbons (Fsp3) is 0.294. The summed E-state index contributed by atoms with van der Waals surface area (Å²) in [6.07, 6.45) is 0.359. The largest absolute Gasteiger partial charge is 0.506 e. The number of aromatic carboxylic acids is 1. The molecular weight excluding hydrogens is 310 g/mol. The van der Waals surface area contributed by atoms with Crippen molar-refractivity contribution in [3.05, 3.63) is 45.2 Å². The monoisotopic (exact) mass is 331 g/mol. The lowest BCUT2D eigenvalue weighted by molar-refractivity contribution is 0.0691. The number of H-pyrrole nitrogens is 1. The van der Waals surface area contributed by atoms with Crippen LogP contribution in [0.25, 0.3) is 11.3 Å². The molecule has 0 unspecified atom stereocenters. The van der Waals surface area contributed by atoms with Crippen LogP contribution < -0.4 is 16.2 Å². The van der Waals surface area contributed by atoms with E-state index >= 15 is 0 Å². The number of carboxylic acid groups (broad SMARTS) is 1. The Morgan fingerprint density at radius 1 is 1.33 bits per heavy atom. The van der Waals surface area contributed by atoms with Gasteiger partial charge >= 0.3 is 5.97 Å². The van der Waals surface area contributed by atoms with Crippen LogP contribution >= 0.6 is 0 Å². The van der Waals surface area contributed by atoms with Gasteiger partial charge in [-0.3, -0.25) is 4.79 Å². The van der Waals surface area contributed by atoms with E-state index in [1.165, 1.54) is 0 Å². The van der Waals surface area contributed by atoms with Crippen molar-refractivity contribution in [1.29, 1.82) is 0 Å². The molecule has 0 saturated carbocycles. The number of nitrogens with one attached hydrogen (secondary N) is 1. The van der Waals surface area contributed by atoms with Gasteiger partial charge in [-0.15, -0.1) is 0 Å². The predicted molar refractivity (Wildman–Crippen MR) is 92.7 cm³/mol. The second-order valence-corrected chi connectivity index (χ2v) is 5.63. The van der Waals surface area contributed by atoms with Gasteiger partial charge in [0.2, 0.25) is 0 Å². The molecule has 0 aliphatic rings. The number of nitrogens with two attached hydrogens (primary N) is 1. The van der Waals surface area contributed by atoms with Gasteiger partial charge in [-0.2, -0.15) is 0 Å². The molecule has 1 heterocycles. The molecule has 0 radical (unpaired) electrons. The van der Waals surface area contributed by atoms with Crippen molar-refractivity contribution in [3.63, 3.8) is 0 Å². The summed E-state index contributed by atoms with van der Waals surface area (Å²) in [6, 6.07) is 5.57. The molecule has 0 saturated heterocycles. The van der Waals surface area contributed by atoms with Crippen molar-refractivity contribution in [2.45, 2.75) is 19.9 Å². The number of pyridine rings is 1. The molecule has 7 nitrogen and oxygen atoms in total. The Hall–Kier alpha value is -2.80. The molecule has 1 aromatic heterocycles. The van der Waals surface area contributed by atoms with Crippen LogP contribution in [0.1, 0.15) is 28.4 Å². The highest BCUT2D eigenvalue weighted by Gasteiger charge is 2.22. The van der Waals surface area contributed by atoms with E-state index in [2.05, 4.69) is 4.98 Å². The number of carbonyl (C=O) groups is 1. The van der Waals surface area contributed by atoms with Crippen molar-refractivity contribution in [2.75, 3.05) is 19.0 Å². The minimum atomic E-state index is -1.46. The number of anilines is 1. The number of aromatic hydroxyl groups is 1. The zero-order chi connectivity index (χ0) is 18.0. The van der Waals surface area contributed by atoms with Gasteiger partial charge in [-0.1, -0.05) is 13.0 Å². The molecule has 5 N–H and O–H groups in total. The standard InChI is InChI=1S/C17H21N3O4/c1-4-11-14(19-16(22)13(15(11)21)17(23)24)12-6-5-10(20(2)3)7-9(12)8-18/h5-7H,4,8,18H2,1-3H3,(H,23,24)(H2,19,21,22). The van der Waals surface area contributed by atoms with Crippen LogP contribution in [0, 0.1) is 0 Å². The number of aromatic amines is 1. The third-order valence-corrected chi connectivity index (χ3v) is 3.95. The Morgan fingerprint density at radius 2 is 2.00 bits per heavy atom. The van der Waals surface area contributed by atoms with E-state index in [1.54, 1.807) is 6.92 Å². The second kappa shape index (κ2) is 6.76. The van der Waals surface area contributed by atoms with E-state index in [9.17, 15) is 14.7 Å². The summed E-state index contributed by atoms with van der Waals surface area (Å²) in [5.74, 6) is -1.96. The first-order chi connectivity index (χ1) is 11.3. The summed E-state index contributed by atoms with van der Waals surface area (Å²) < 4.78 is 0. The quantitative estimate of drug-likeness (QED) is 0.659. The Morgan fingerprint density at radius 3 is 2.50 bits per heavy atom. The molecule has 128 valence electrons. The molecular formula is C17H21N3O4. The van der Waals surface area contributed by atoms with Gasteiger partial charge in [0.1, 0.15) is 5.75 Å². The first-order valence-electron chi connectivity index (χ1n) is 7.53. The lowest BCUT2D eigenvalue weighted by Gasteiger charge is -2.18. The second-order valence-electron chi connectivity index (χ2n) is 5.63. The number of carboxylic acids is 1. The first kappa shape index (κ1) is 17.6. The zero-order valence-electron chi connectivity index (χ0n) is 13.9. The van der Waals surface area contributed by atoms with Crippen LogP contribution in [0.3, 0.4) is 0 Å². The number of benzene rings is 1. The van der Waals surface area contributed by atoms with Gasteiger partial charge in [0.15, 0.2) is 5.56 Å². The molecule has 0 bridgehead atoms. The summed E-state index contributed by atoms with van der Waals surface area (Å²) in [7, 11) is 3.81. The normalized spacial score (nSPS) is 10.7. The van der Waals surface area contributed by atoms with E-state index in [0.29, 0.717) is 23.2 Å². The van der Waals surface area contributed by atoms with E-state index in [0.717, 1.165) is 11.3 Å². The molecule has 0 aliphatic heterocycles. The number of hydrogen-bond acceptors (Lipinski definition) is 5. The summed E-state index contributed by atoms with van der Waals surface area (Å²) in [6.45, 7) is 2.02. The van der Waals surface area contributed by atoms with Crippen LogP contribution in [0.4, 0.5) is 5.69 Å². The molecule has 1 aromatic carbocycles. The van der Waals surface area contributed by atoms with E-state index < -0.39 is 22.8 Å². The Balaban J connectivity index is 2.78. The first-order valence-corrected chi connectivity index (χ1v) is 7.53. The predicted octanol–water partition coefficient (Wildman–Crippen LogP) is 1.53. The summed E-state index contributed by atoms with van der Waals surface area (Å²) in [5.41, 5.74) is 7.53. The fourth-order valence-corrected chi connectivity index (χ4v) is 2.67. The number of aromatic nitrogens is 1. The molecule has 24 heavy (non-hydrogen) atoms. The lowest BCUT2D eigenvalue weighted by atomic mass is 9.96. The van der Waals surface area contributed by atoms with Gasteiger partial charge in [0.25, 0.3) is 5.56 Å². The van der Waals surface area contributed by atoms with Gasteiger partial charge < -0.3 is 25.8 Å². The highest BCUT2D eigenvalue weighted by molar-refractivity contribution is 5.92. The smallest absolute Gasteiger partial charge is 0.345 e. The Bertz CT molecular complexity index is 840. The number of nitrogens with zero attached hydrogens (tertiary/aromatic N) is 1. The SMILES string of the molecule is CCc1c(-c2ccc(N(C)C)cc2CN)[nH]c(=O)c(C(=O)O)c1O. The number of rotatable bonds is 5. The highest BCUT2D eigenvalue weighted by Crippen LogP contribution is 2.33. The van der Waals surface area contributed by atoms with Crippen molar-refractivity contribution in [2.24, 2.45) is 5.73 Å². The summed E-state index contributed by atoms with van der Waals surface area (Å²) >= 11 is 0. The average Bonchev–Trinajstić information content (AvgIpc) is 2.53. The summed E-state index contributed by atoms with van der Waals surface area (Å²) in [5, 5.41) is 19.4. The minimum absolute atomic E-state index is 0.240. The highest BCUT2D eigenvalue weighted by atomic mass is 16.4. The van der Waals surface area contributed by atoms with Crippen LogP contribution in [0.2, 0.25) is 0 Å². The molecule has 2 rings (SSSR count). The van der Waals surface area contributed by atoms with E-state index in [1.807, 2.05) is 37.2 Å². The zero-order valence-corrected chi connectivity index (χ0v) is 13.9. The third-order valence-electron chi connectivity index (χ3n) is 3.95. The third kappa shape index (κ3) is 2.98. The molecule has 7 heteroatoms. The maximum Gasteiger partial charge on any atom is 0.345 e. The maximum absolute atomic E-state index is 12.1. The van der Waals surface area contributed by atoms with Gasteiger partial charge in [-0.25, -0.2) is 4.79 Å². The molecule has 2 aromatic rings. The average molecular weight is 331 g/mol. The van der Waals surface area contributed by atoms with E-state index in [-0.39, 0.29) is 6.54 Å². The molecule has 0 amide bonds. The van der Waals surface area contributed by atoms with Crippen LogP contribution in [0.5, 0.6) is 5.75 Å². The molecule has 0 spiro atoms. The molecule has 0 atom stereocenters. The van der Waals surface area contributed by atoms with Crippen molar-refractivity contribution < 1.29 is 15.0 Å². The van der Waals surface area contributed by atoms with Crippen LogP contribution in [-0.4, -0.2) is 35.3 Å². The molecule has 0 aliphatic carbocycles. The van der Waals surface area contributed by atoms with Crippen LogP contribution in [0.15, 0.2) is 23.0 Å². The van der Waals surface area contributed by atoms with Gasteiger partial charge in [0.05, 0.1) is 5.69 Å². The van der Waals surface area contributed by atoms with E-state index in [4.69, 9.17) is 10.8 Å². The van der Waals surface area contributed by atoms with Gasteiger partial charge in [-0.05, 0) is 24.1 Å². The number of hydrogen-bond donors (Lipinski definition) is 4. The fourth-order valence-electron chi connectivity index (χ4n) is 2.67.